The van der Waals surface area contributed by atoms with Gasteiger partial charge in [-0.15, -0.1) is 0 Å². The first kappa shape index (κ1) is 15.8. The van der Waals surface area contributed by atoms with Gasteiger partial charge in [0.25, 0.3) is 0 Å². The van der Waals surface area contributed by atoms with Gasteiger partial charge in [-0.25, -0.2) is 4.39 Å². The number of halogens is 2. The Labute approximate surface area is 129 Å². The molecular formula is C17H19ClFNO. The molecule has 4 heteroatoms. The zero-order chi connectivity index (χ0) is 15.4. The zero-order valence-electron chi connectivity index (χ0n) is 12.4. The number of hydrogen-bond acceptors (Lipinski definition) is 2. The molecule has 0 atom stereocenters. The van der Waals surface area contributed by atoms with E-state index in [1.165, 1.54) is 6.07 Å². The van der Waals surface area contributed by atoms with E-state index in [-0.39, 0.29) is 5.82 Å². The van der Waals surface area contributed by atoms with Crippen molar-refractivity contribution < 1.29 is 9.13 Å². The molecule has 0 saturated heterocycles. The minimum atomic E-state index is -0.237. The van der Waals surface area contributed by atoms with E-state index in [1.807, 2.05) is 18.2 Å². The molecule has 0 unspecified atom stereocenters. The third-order valence-electron chi connectivity index (χ3n) is 3.23. The molecule has 0 aliphatic carbocycles. The fraction of sp³-hybridized carbons (Fsp3) is 0.294. The zero-order valence-corrected chi connectivity index (χ0v) is 13.2. The minimum Gasteiger partial charge on any atom is -0.495 e. The van der Waals surface area contributed by atoms with Crippen LogP contribution in [-0.4, -0.2) is 13.2 Å². The summed E-state index contributed by atoms with van der Waals surface area (Å²) in [5, 5.41) is 3.86. The van der Waals surface area contributed by atoms with Crippen LogP contribution in [0.5, 0.6) is 5.75 Å². The molecule has 2 nitrogen and oxygen atoms in total. The van der Waals surface area contributed by atoms with Crippen LogP contribution >= 0.6 is 11.6 Å². The molecule has 0 saturated carbocycles. The number of benzene rings is 2. The Morgan fingerprint density at radius 1 is 1.19 bits per heavy atom. The quantitative estimate of drug-likeness (QED) is 0.868. The molecule has 0 amide bonds. The van der Waals surface area contributed by atoms with Crippen LogP contribution in [0.1, 0.15) is 19.4 Å². The summed E-state index contributed by atoms with van der Waals surface area (Å²) in [6.07, 6.45) is 0. The molecule has 0 radical (unpaired) electrons. The highest BCUT2D eigenvalue weighted by atomic mass is 35.5. The molecule has 2 rings (SSSR count). The van der Waals surface area contributed by atoms with E-state index < -0.39 is 0 Å². The largest absolute Gasteiger partial charge is 0.495 e. The summed E-state index contributed by atoms with van der Waals surface area (Å²) in [4.78, 5) is 0. The van der Waals surface area contributed by atoms with Crippen molar-refractivity contribution in [1.82, 2.24) is 5.32 Å². The highest BCUT2D eigenvalue weighted by Gasteiger charge is 2.09. The second-order valence-electron chi connectivity index (χ2n) is 5.19. The van der Waals surface area contributed by atoms with Crippen molar-refractivity contribution >= 4 is 11.6 Å². The summed E-state index contributed by atoms with van der Waals surface area (Å²) in [5.41, 5.74) is 2.82. The van der Waals surface area contributed by atoms with Gasteiger partial charge in [-0.2, -0.15) is 0 Å². The molecule has 0 spiro atoms. The number of rotatable bonds is 5. The van der Waals surface area contributed by atoms with Crippen molar-refractivity contribution in [3.05, 3.63) is 52.8 Å². The van der Waals surface area contributed by atoms with Crippen LogP contribution in [0.25, 0.3) is 11.1 Å². The van der Waals surface area contributed by atoms with Crippen molar-refractivity contribution in [2.24, 2.45) is 0 Å². The van der Waals surface area contributed by atoms with E-state index in [0.717, 1.165) is 16.7 Å². The summed E-state index contributed by atoms with van der Waals surface area (Å²) >= 11 is 6.18. The molecule has 0 bridgehead atoms. The fourth-order valence-electron chi connectivity index (χ4n) is 2.14. The highest BCUT2D eigenvalue weighted by Crippen LogP contribution is 2.32. The van der Waals surface area contributed by atoms with Gasteiger partial charge >= 0.3 is 0 Å². The SMILES string of the molecule is COc1ccc(-c2ccc(F)cc2CNC(C)C)cc1Cl. The van der Waals surface area contributed by atoms with E-state index in [9.17, 15) is 4.39 Å². The predicted molar refractivity (Wildman–Crippen MR) is 85.4 cm³/mol. The maximum atomic E-state index is 13.5. The van der Waals surface area contributed by atoms with Crippen LogP contribution in [0.4, 0.5) is 4.39 Å². The molecule has 0 aliphatic heterocycles. The monoisotopic (exact) mass is 307 g/mol. The maximum absolute atomic E-state index is 13.5. The van der Waals surface area contributed by atoms with Crippen molar-refractivity contribution in [3.8, 4) is 16.9 Å². The van der Waals surface area contributed by atoms with Crippen LogP contribution in [0.15, 0.2) is 36.4 Å². The van der Waals surface area contributed by atoms with Crippen molar-refractivity contribution in [3.63, 3.8) is 0 Å². The first-order chi connectivity index (χ1) is 10.0. The standard InChI is InChI=1S/C17H19ClFNO/c1-11(2)20-10-13-8-14(19)5-6-15(13)12-4-7-17(21-3)16(18)9-12/h4-9,11,20H,10H2,1-3H3. The average Bonchev–Trinajstić information content (AvgIpc) is 2.45. The highest BCUT2D eigenvalue weighted by molar-refractivity contribution is 6.32. The lowest BCUT2D eigenvalue weighted by molar-refractivity contribution is 0.415. The normalized spacial score (nSPS) is 11.0. The summed E-state index contributed by atoms with van der Waals surface area (Å²) < 4.78 is 18.7. The van der Waals surface area contributed by atoms with Crippen LogP contribution in [0.2, 0.25) is 5.02 Å². The minimum absolute atomic E-state index is 0.237. The van der Waals surface area contributed by atoms with Gasteiger partial charge in [-0.3, -0.25) is 0 Å². The van der Waals surface area contributed by atoms with Crippen LogP contribution < -0.4 is 10.1 Å². The van der Waals surface area contributed by atoms with Crippen LogP contribution in [-0.2, 0) is 6.54 Å². The molecule has 21 heavy (non-hydrogen) atoms. The fourth-order valence-corrected chi connectivity index (χ4v) is 2.40. The lowest BCUT2D eigenvalue weighted by Gasteiger charge is -2.14. The van der Waals surface area contributed by atoms with Crippen molar-refractivity contribution in [1.29, 1.82) is 0 Å². The van der Waals surface area contributed by atoms with Crippen LogP contribution in [0, 0.1) is 5.82 Å². The smallest absolute Gasteiger partial charge is 0.137 e. The number of hydrogen-bond donors (Lipinski definition) is 1. The lowest BCUT2D eigenvalue weighted by atomic mass is 9.99. The first-order valence-electron chi connectivity index (χ1n) is 6.87. The lowest BCUT2D eigenvalue weighted by Crippen LogP contribution is -2.22. The maximum Gasteiger partial charge on any atom is 0.137 e. The third-order valence-corrected chi connectivity index (χ3v) is 3.53. The van der Waals surface area contributed by atoms with Gasteiger partial charge in [0.05, 0.1) is 12.1 Å². The molecule has 1 N–H and O–H groups in total. The van der Waals surface area contributed by atoms with Crippen LogP contribution in [0.3, 0.4) is 0 Å². The summed E-state index contributed by atoms with van der Waals surface area (Å²) in [6, 6.07) is 10.7. The van der Waals surface area contributed by atoms with E-state index in [1.54, 1.807) is 19.2 Å². The van der Waals surface area contributed by atoms with Gasteiger partial charge in [0.15, 0.2) is 0 Å². The molecule has 2 aromatic rings. The average molecular weight is 308 g/mol. The summed E-state index contributed by atoms with van der Waals surface area (Å²) in [7, 11) is 1.58. The molecule has 112 valence electrons. The van der Waals surface area contributed by atoms with Gasteiger partial charge in [-0.1, -0.05) is 37.6 Å². The Hall–Kier alpha value is -1.58. The predicted octanol–water partition coefficient (Wildman–Crippen LogP) is 4.65. The van der Waals surface area contributed by atoms with Gasteiger partial charge in [0.2, 0.25) is 0 Å². The first-order valence-corrected chi connectivity index (χ1v) is 7.24. The number of ether oxygens (including phenoxy) is 1. The Bertz CT molecular complexity index is 628. The van der Waals surface area contributed by atoms with E-state index >= 15 is 0 Å². The molecule has 0 fully saturated rings. The van der Waals surface area contributed by atoms with Crippen molar-refractivity contribution in [2.45, 2.75) is 26.4 Å². The Kier molecular flexibility index (Phi) is 5.21. The molecular weight excluding hydrogens is 289 g/mol. The van der Waals surface area contributed by atoms with E-state index in [4.69, 9.17) is 16.3 Å². The molecule has 2 aromatic carbocycles. The second kappa shape index (κ2) is 6.92. The Balaban J connectivity index is 2.40. The molecule has 0 heterocycles. The Morgan fingerprint density at radius 3 is 2.57 bits per heavy atom. The topological polar surface area (TPSA) is 21.3 Å². The second-order valence-corrected chi connectivity index (χ2v) is 5.59. The summed E-state index contributed by atoms with van der Waals surface area (Å²) in [5.74, 6) is 0.392. The van der Waals surface area contributed by atoms with Gasteiger partial charge < -0.3 is 10.1 Å². The van der Waals surface area contributed by atoms with Gasteiger partial charge in [0.1, 0.15) is 11.6 Å². The van der Waals surface area contributed by atoms with Gasteiger partial charge in [0, 0.05) is 12.6 Å². The third kappa shape index (κ3) is 3.96. The number of methoxy groups -OCH3 is 1. The molecule has 0 aromatic heterocycles. The van der Waals surface area contributed by atoms with E-state index in [2.05, 4.69) is 19.2 Å². The van der Waals surface area contributed by atoms with E-state index in [0.29, 0.717) is 23.4 Å². The Morgan fingerprint density at radius 2 is 1.95 bits per heavy atom. The van der Waals surface area contributed by atoms with Gasteiger partial charge in [-0.05, 0) is 41.0 Å². The molecule has 0 aliphatic rings. The number of nitrogens with one attached hydrogen (secondary N) is 1. The summed E-state index contributed by atoms with van der Waals surface area (Å²) in [6.45, 7) is 4.72. The van der Waals surface area contributed by atoms with Crippen molar-refractivity contribution in [2.75, 3.05) is 7.11 Å².